The minimum Gasteiger partial charge on any atom is -0.507 e. The molecule has 0 aliphatic heterocycles. The molecule has 0 aliphatic rings. The Morgan fingerprint density at radius 1 is 1.00 bits per heavy atom. The van der Waals surface area contributed by atoms with Crippen LogP contribution in [-0.2, 0) is 26.8 Å². The van der Waals surface area contributed by atoms with E-state index in [9.17, 15) is 15.0 Å². The van der Waals surface area contributed by atoms with Gasteiger partial charge in [0.15, 0.2) is 0 Å². The van der Waals surface area contributed by atoms with Gasteiger partial charge in [-0.05, 0) is 47.3 Å². The molecule has 0 spiro atoms. The van der Waals surface area contributed by atoms with Gasteiger partial charge in [-0.25, -0.2) is 0 Å². The van der Waals surface area contributed by atoms with Gasteiger partial charge in [-0.3, -0.25) is 4.79 Å². The van der Waals surface area contributed by atoms with Crippen molar-refractivity contribution >= 4 is 5.97 Å². The van der Waals surface area contributed by atoms with Crippen LogP contribution in [0.5, 0.6) is 5.75 Å². The van der Waals surface area contributed by atoms with Gasteiger partial charge in [0, 0.05) is 6.42 Å². The van der Waals surface area contributed by atoms with E-state index in [0.717, 1.165) is 23.1 Å². The van der Waals surface area contributed by atoms with E-state index in [1.54, 1.807) is 6.92 Å². The number of aromatic hydroxyl groups is 1. The predicted octanol–water partition coefficient (Wildman–Crippen LogP) is 5.01. The fourth-order valence-electron chi connectivity index (χ4n) is 3.15. The first-order valence-electron chi connectivity index (χ1n) is 9.92. The Balaban J connectivity index is 2.93. The Kier molecular flexibility index (Phi) is 7.52. The van der Waals surface area contributed by atoms with Crippen LogP contribution in [0.4, 0.5) is 0 Å². The van der Waals surface area contributed by atoms with Crippen LogP contribution in [0.3, 0.4) is 0 Å². The van der Waals surface area contributed by atoms with Crippen LogP contribution in [0, 0.1) is 0 Å². The van der Waals surface area contributed by atoms with Crippen LogP contribution in [-0.4, -0.2) is 28.4 Å². The zero-order valence-corrected chi connectivity index (χ0v) is 18.4. The van der Waals surface area contributed by atoms with Crippen LogP contribution in [0.25, 0.3) is 0 Å². The normalized spacial score (nSPS) is 14.7. The number of carbonyl (C=O) groups is 1. The summed E-state index contributed by atoms with van der Waals surface area (Å²) in [7, 11) is 0. The molecule has 0 saturated carbocycles. The van der Waals surface area contributed by atoms with E-state index in [2.05, 4.69) is 41.5 Å². The molecule has 0 amide bonds. The van der Waals surface area contributed by atoms with Gasteiger partial charge >= 0.3 is 5.97 Å². The number of aliphatic hydroxyl groups is 1. The lowest BCUT2D eigenvalue weighted by atomic mass is 9.78. The number of esters is 1. The zero-order chi connectivity index (χ0) is 21.0. The van der Waals surface area contributed by atoms with E-state index in [0.29, 0.717) is 18.6 Å². The number of rotatable bonds is 7. The molecule has 2 N–H and O–H groups in total. The summed E-state index contributed by atoms with van der Waals surface area (Å²) in [5, 5.41) is 20.9. The van der Waals surface area contributed by atoms with Crippen molar-refractivity contribution in [2.45, 2.75) is 97.5 Å². The Morgan fingerprint density at radius 3 is 1.89 bits per heavy atom. The summed E-state index contributed by atoms with van der Waals surface area (Å²) in [5.41, 5.74) is 1.44. The van der Waals surface area contributed by atoms with Gasteiger partial charge in [0.2, 0.25) is 0 Å². The maximum absolute atomic E-state index is 12.1. The quantitative estimate of drug-likeness (QED) is 0.654. The largest absolute Gasteiger partial charge is 0.507 e. The van der Waals surface area contributed by atoms with Crippen molar-refractivity contribution in [1.29, 1.82) is 0 Å². The molecule has 0 saturated heterocycles. The van der Waals surface area contributed by atoms with Gasteiger partial charge in [0.05, 0.1) is 5.60 Å². The Labute approximate surface area is 164 Å². The molecule has 4 heteroatoms. The highest BCUT2D eigenvalue weighted by molar-refractivity contribution is 5.70. The van der Waals surface area contributed by atoms with Crippen molar-refractivity contribution in [2.75, 3.05) is 6.61 Å². The number of phenolic OH excluding ortho intramolecular Hbond substituents is 1. The molecule has 1 aromatic rings. The second-order valence-electron chi connectivity index (χ2n) is 9.95. The summed E-state index contributed by atoms with van der Waals surface area (Å²) in [6.45, 7) is 16.1. The van der Waals surface area contributed by atoms with Crippen molar-refractivity contribution in [1.82, 2.24) is 0 Å². The van der Waals surface area contributed by atoms with Crippen molar-refractivity contribution in [3.05, 3.63) is 28.8 Å². The van der Waals surface area contributed by atoms with Crippen LogP contribution in [0.2, 0.25) is 0 Å². The number of carbonyl (C=O) groups excluding carboxylic acids is 1. The summed E-state index contributed by atoms with van der Waals surface area (Å²) in [5.74, 6) is 0.0333. The average molecular weight is 379 g/mol. The van der Waals surface area contributed by atoms with Gasteiger partial charge in [0.25, 0.3) is 0 Å². The monoisotopic (exact) mass is 378 g/mol. The van der Waals surface area contributed by atoms with Crippen molar-refractivity contribution < 1.29 is 19.7 Å². The second kappa shape index (κ2) is 8.64. The lowest BCUT2D eigenvalue weighted by Gasteiger charge is -2.28. The molecule has 0 bridgehead atoms. The Bertz CT molecular complexity index is 610. The number of hydrogen-bond donors (Lipinski definition) is 2. The topological polar surface area (TPSA) is 66.8 Å². The molecule has 0 heterocycles. The maximum atomic E-state index is 12.1. The lowest BCUT2D eigenvalue weighted by molar-refractivity contribution is -0.151. The second-order valence-corrected chi connectivity index (χ2v) is 9.95. The highest BCUT2D eigenvalue weighted by Crippen LogP contribution is 2.40. The van der Waals surface area contributed by atoms with Crippen LogP contribution >= 0.6 is 0 Å². The number of hydrogen-bond acceptors (Lipinski definition) is 4. The van der Waals surface area contributed by atoms with E-state index in [4.69, 9.17) is 4.74 Å². The molecule has 27 heavy (non-hydrogen) atoms. The molecule has 1 unspecified atom stereocenters. The fraction of sp³-hybridized carbons (Fsp3) is 0.696. The predicted molar refractivity (Wildman–Crippen MR) is 110 cm³/mol. The van der Waals surface area contributed by atoms with Gasteiger partial charge in [0.1, 0.15) is 12.4 Å². The average Bonchev–Trinajstić information content (AvgIpc) is 2.49. The maximum Gasteiger partial charge on any atom is 0.306 e. The SMILES string of the molecule is CCCC(C)(O)COC(=O)CCc1cc(C(C)(C)C)c(O)c(C(C)(C)C)c1. The van der Waals surface area contributed by atoms with Crippen LogP contribution in [0.15, 0.2) is 12.1 Å². The van der Waals surface area contributed by atoms with E-state index in [-0.39, 0.29) is 29.8 Å². The highest BCUT2D eigenvalue weighted by atomic mass is 16.5. The van der Waals surface area contributed by atoms with Gasteiger partial charge in [-0.15, -0.1) is 0 Å². The molecule has 0 fully saturated rings. The molecule has 4 nitrogen and oxygen atoms in total. The minimum absolute atomic E-state index is 0.0235. The number of aryl methyl sites for hydroxylation is 1. The number of benzene rings is 1. The molecular formula is C23H38O4. The van der Waals surface area contributed by atoms with Crippen molar-refractivity contribution in [3.63, 3.8) is 0 Å². The van der Waals surface area contributed by atoms with Crippen LogP contribution < -0.4 is 0 Å². The summed E-state index contributed by atoms with van der Waals surface area (Å²) in [6, 6.07) is 3.98. The smallest absolute Gasteiger partial charge is 0.306 e. The third-order valence-electron chi connectivity index (χ3n) is 4.74. The molecular weight excluding hydrogens is 340 g/mol. The molecule has 0 aromatic heterocycles. The summed E-state index contributed by atoms with van der Waals surface area (Å²) in [4.78, 5) is 12.1. The van der Waals surface area contributed by atoms with E-state index in [1.165, 1.54) is 0 Å². The fourth-order valence-corrected chi connectivity index (χ4v) is 3.15. The highest BCUT2D eigenvalue weighted by Gasteiger charge is 2.27. The molecule has 0 aliphatic carbocycles. The third kappa shape index (κ3) is 7.17. The first-order valence-corrected chi connectivity index (χ1v) is 9.92. The standard InChI is InChI=1S/C23H38O4/c1-9-12-23(8,26)15-27-19(24)11-10-16-13-17(21(2,3)4)20(25)18(14-16)22(5,6)7/h13-14,25-26H,9-12,15H2,1-8H3. The van der Waals surface area contributed by atoms with Gasteiger partial charge in [-0.1, -0.05) is 67.0 Å². The first kappa shape index (κ1) is 23.5. The van der Waals surface area contributed by atoms with Crippen molar-refractivity contribution in [2.24, 2.45) is 0 Å². The molecule has 1 rings (SSSR count). The van der Waals surface area contributed by atoms with E-state index < -0.39 is 5.60 Å². The summed E-state index contributed by atoms with van der Waals surface area (Å²) >= 11 is 0. The van der Waals surface area contributed by atoms with Gasteiger partial charge < -0.3 is 14.9 Å². The number of ether oxygens (including phenoxy) is 1. The first-order chi connectivity index (χ1) is 12.2. The molecule has 154 valence electrons. The molecule has 1 atom stereocenters. The zero-order valence-electron chi connectivity index (χ0n) is 18.4. The molecule has 1 aromatic carbocycles. The van der Waals surface area contributed by atoms with Crippen LogP contribution in [0.1, 0.15) is 91.3 Å². The van der Waals surface area contributed by atoms with Gasteiger partial charge in [-0.2, -0.15) is 0 Å². The third-order valence-corrected chi connectivity index (χ3v) is 4.74. The summed E-state index contributed by atoms with van der Waals surface area (Å²) < 4.78 is 5.26. The Hall–Kier alpha value is -1.55. The van der Waals surface area contributed by atoms with Crippen molar-refractivity contribution in [3.8, 4) is 5.75 Å². The number of phenols is 1. The van der Waals surface area contributed by atoms with E-state index in [1.807, 2.05) is 19.1 Å². The lowest BCUT2D eigenvalue weighted by Crippen LogP contribution is -2.31. The molecule has 0 radical (unpaired) electrons. The minimum atomic E-state index is -0.970. The Morgan fingerprint density at radius 2 is 1.48 bits per heavy atom. The van der Waals surface area contributed by atoms with E-state index >= 15 is 0 Å². The summed E-state index contributed by atoms with van der Waals surface area (Å²) in [6.07, 6.45) is 2.23.